The largest absolute Gasteiger partial charge is 0.480 e. The Balaban J connectivity index is 1.77. The fourth-order valence-electron chi connectivity index (χ4n) is 3.73. The van der Waals surface area contributed by atoms with E-state index >= 15 is 0 Å². The molecule has 20 heavy (non-hydrogen) atoms. The highest BCUT2D eigenvalue weighted by molar-refractivity contribution is 5.72. The van der Waals surface area contributed by atoms with Crippen LogP contribution in [0.25, 0.3) is 0 Å². The van der Waals surface area contributed by atoms with Gasteiger partial charge in [-0.1, -0.05) is 13.8 Å². The SMILES string of the molecule is CC1CCN(C[C@H]2C[C@H](N[C@H](C)C(=O)O)C[C@@H]2C)CC1. The molecule has 0 aromatic rings. The molecule has 1 heterocycles. The van der Waals surface area contributed by atoms with Crippen LogP contribution >= 0.6 is 0 Å². The molecule has 1 aliphatic carbocycles. The van der Waals surface area contributed by atoms with Gasteiger partial charge in [-0.25, -0.2) is 0 Å². The molecule has 2 fully saturated rings. The molecule has 0 radical (unpaired) electrons. The number of hydrogen-bond acceptors (Lipinski definition) is 3. The van der Waals surface area contributed by atoms with Crippen molar-refractivity contribution in [2.24, 2.45) is 17.8 Å². The molecular weight excluding hydrogens is 252 g/mol. The first-order valence-corrected chi connectivity index (χ1v) is 8.17. The highest BCUT2D eigenvalue weighted by Gasteiger charge is 2.34. The Morgan fingerprint density at radius 3 is 2.55 bits per heavy atom. The maximum atomic E-state index is 10.9. The Kier molecular flexibility index (Phi) is 5.44. The van der Waals surface area contributed by atoms with E-state index in [1.165, 1.54) is 32.5 Å². The number of carbonyl (C=O) groups is 1. The number of piperidine rings is 1. The zero-order valence-corrected chi connectivity index (χ0v) is 13.1. The Hall–Kier alpha value is -0.610. The first-order chi connectivity index (χ1) is 9.45. The normalized spacial score (nSPS) is 34.2. The number of nitrogens with one attached hydrogen (secondary N) is 1. The van der Waals surface area contributed by atoms with Crippen LogP contribution in [-0.4, -0.2) is 47.7 Å². The van der Waals surface area contributed by atoms with Gasteiger partial charge in [-0.2, -0.15) is 0 Å². The molecule has 0 aromatic carbocycles. The van der Waals surface area contributed by atoms with E-state index in [-0.39, 0.29) is 0 Å². The predicted molar refractivity (Wildman–Crippen MR) is 80.7 cm³/mol. The summed E-state index contributed by atoms with van der Waals surface area (Å²) in [4.78, 5) is 13.5. The fraction of sp³-hybridized carbons (Fsp3) is 0.938. The third kappa shape index (κ3) is 4.19. The summed E-state index contributed by atoms with van der Waals surface area (Å²) in [5.41, 5.74) is 0. The van der Waals surface area contributed by atoms with Gasteiger partial charge in [0, 0.05) is 12.6 Å². The minimum absolute atomic E-state index is 0.379. The van der Waals surface area contributed by atoms with Gasteiger partial charge in [-0.3, -0.25) is 4.79 Å². The summed E-state index contributed by atoms with van der Waals surface area (Å²) >= 11 is 0. The Bertz CT molecular complexity index is 326. The molecule has 1 saturated carbocycles. The van der Waals surface area contributed by atoms with Crippen LogP contribution in [0.15, 0.2) is 0 Å². The Morgan fingerprint density at radius 1 is 1.30 bits per heavy atom. The smallest absolute Gasteiger partial charge is 0.320 e. The van der Waals surface area contributed by atoms with Crippen LogP contribution in [-0.2, 0) is 4.79 Å². The molecule has 2 N–H and O–H groups in total. The lowest BCUT2D eigenvalue weighted by Gasteiger charge is -2.33. The molecular formula is C16H30N2O2. The Labute approximate surface area is 122 Å². The van der Waals surface area contributed by atoms with Crippen molar-refractivity contribution in [1.82, 2.24) is 10.2 Å². The van der Waals surface area contributed by atoms with Crippen LogP contribution in [0.4, 0.5) is 0 Å². The van der Waals surface area contributed by atoms with Crippen molar-refractivity contribution in [3.05, 3.63) is 0 Å². The number of carboxylic acid groups (broad SMARTS) is 1. The number of carboxylic acids is 1. The Morgan fingerprint density at radius 2 is 1.95 bits per heavy atom. The minimum Gasteiger partial charge on any atom is -0.480 e. The van der Waals surface area contributed by atoms with E-state index in [9.17, 15) is 4.79 Å². The second-order valence-corrected chi connectivity index (χ2v) is 7.12. The number of hydrogen-bond donors (Lipinski definition) is 2. The van der Waals surface area contributed by atoms with Gasteiger partial charge in [0.15, 0.2) is 0 Å². The van der Waals surface area contributed by atoms with Crippen LogP contribution in [0.2, 0.25) is 0 Å². The average molecular weight is 282 g/mol. The summed E-state index contributed by atoms with van der Waals surface area (Å²) < 4.78 is 0. The van der Waals surface area contributed by atoms with E-state index in [1.807, 2.05) is 0 Å². The van der Waals surface area contributed by atoms with Crippen LogP contribution in [0, 0.1) is 17.8 Å². The molecule has 0 unspecified atom stereocenters. The van der Waals surface area contributed by atoms with Crippen LogP contribution in [0.5, 0.6) is 0 Å². The van der Waals surface area contributed by atoms with E-state index in [1.54, 1.807) is 6.92 Å². The van der Waals surface area contributed by atoms with Crippen molar-refractivity contribution >= 4 is 5.97 Å². The second-order valence-electron chi connectivity index (χ2n) is 7.12. The lowest BCUT2D eigenvalue weighted by atomic mass is 9.94. The third-order valence-electron chi connectivity index (χ3n) is 5.27. The summed E-state index contributed by atoms with van der Waals surface area (Å²) in [7, 11) is 0. The number of nitrogens with zero attached hydrogens (tertiary/aromatic N) is 1. The lowest BCUT2D eigenvalue weighted by molar-refractivity contribution is -0.139. The van der Waals surface area contributed by atoms with E-state index in [4.69, 9.17) is 5.11 Å². The van der Waals surface area contributed by atoms with Crippen LogP contribution < -0.4 is 5.32 Å². The van der Waals surface area contributed by atoms with E-state index < -0.39 is 12.0 Å². The first-order valence-electron chi connectivity index (χ1n) is 8.17. The van der Waals surface area contributed by atoms with Gasteiger partial charge in [0.2, 0.25) is 0 Å². The van der Waals surface area contributed by atoms with Gasteiger partial charge < -0.3 is 15.3 Å². The van der Waals surface area contributed by atoms with Crippen LogP contribution in [0.3, 0.4) is 0 Å². The molecule has 2 rings (SSSR count). The van der Waals surface area contributed by atoms with Gasteiger partial charge in [-0.05, 0) is 63.5 Å². The molecule has 4 heteroatoms. The van der Waals surface area contributed by atoms with Crippen molar-refractivity contribution < 1.29 is 9.90 Å². The topological polar surface area (TPSA) is 52.6 Å². The predicted octanol–water partition coefficient (Wildman–Crippen LogP) is 2.20. The summed E-state index contributed by atoms with van der Waals surface area (Å²) in [6.07, 6.45) is 4.91. The molecule has 0 bridgehead atoms. The molecule has 4 nitrogen and oxygen atoms in total. The quantitative estimate of drug-likeness (QED) is 0.811. The maximum absolute atomic E-state index is 10.9. The zero-order chi connectivity index (χ0) is 14.7. The summed E-state index contributed by atoms with van der Waals surface area (Å²) in [5, 5.41) is 12.3. The molecule has 1 aliphatic heterocycles. The van der Waals surface area contributed by atoms with E-state index in [0.29, 0.717) is 12.0 Å². The van der Waals surface area contributed by atoms with Gasteiger partial charge in [0.1, 0.15) is 6.04 Å². The minimum atomic E-state index is -0.744. The van der Waals surface area contributed by atoms with Crippen LogP contribution in [0.1, 0.15) is 46.5 Å². The summed E-state index contributed by atoms with van der Waals surface area (Å²) in [6, 6.07) is -0.0494. The standard InChI is InChI=1S/C16H30N2O2/c1-11-4-6-18(7-5-11)10-14-9-15(8-12(14)2)17-13(3)16(19)20/h11-15,17H,4-10H2,1-3H3,(H,19,20)/t12-,13+,14+,15+/m0/s1. The summed E-state index contributed by atoms with van der Waals surface area (Å²) in [6.45, 7) is 10.1. The molecule has 0 aromatic heterocycles. The molecule has 2 aliphatic rings. The summed E-state index contributed by atoms with van der Waals surface area (Å²) in [5.74, 6) is 1.57. The van der Waals surface area contributed by atoms with Crippen molar-refractivity contribution in [3.8, 4) is 0 Å². The van der Waals surface area contributed by atoms with Gasteiger partial charge in [0.25, 0.3) is 0 Å². The third-order valence-corrected chi connectivity index (χ3v) is 5.27. The molecule has 4 atom stereocenters. The van der Waals surface area contributed by atoms with Crippen molar-refractivity contribution in [3.63, 3.8) is 0 Å². The monoisotopic (exact) mass is 282 g/mol. The second kappa shape index (κ2) is 6.90. The van der Waals surface area contributed by atoms with Crippen molar-refractivity contribution in [1.29, 1.82) is 0 Å². The highest BCUT2D eigenvalue weighted by Crippen LogP contribution is 2.33. The first kappa shape index (κ1) is 15.8. The maximum Gasteiger partial charge on any atom is 0.320 e. The van der Waals surface area contributed by atoms with Gasteiger partial charge >= 0.3 is 5.97 Å². The number of aliphatic carboxylic acids is 1. The van der Waals surface area contributed by atoms with Gasteiger partial charge in [0.05, 0.1) is 0 Å². The average Bonchev–Trinajstić information content (AvgIpc) is 2.72. The van der Waals surface area contributed by atoms with E-state index in [0.717, 1.165) is 24.7 Å². The molecule has 0 amide bonds. The fourth-order valence-corrected chi connectivity index (χ4v) is 3.73. The molecule has 0 spiro atoms. The van der Waals surface area contributed by atoms with E-state index in [2.05, 4.69) is 24.1 Å². The van der Waals surface area contributed by atoms with Crippen molar-refractivity contribution in [2.45, 2.75) is 58.5 Å². The molecule has 1 saturated heterocycles. The van der Waals surface area contributed by atoms with Crippen molar-refractivity contribution in [2.75, 3.05) is 19.6 Å². The zero-order valence-electron chi connectivity index (χ0n) is 13.1. The molecule has 116 valence electrons. The lowest BCUT2D eigenvalue weighted by Crippen LogP contribution is -2.40. The highest BCUT2D eigenvalue weighted by atomic mass is 16.4. The van der Waals surface area contributed by atoms with Gasteiger partial charge in [-0.15, -0.1) is 0 Å². The number of likely N-dealkylation sites (tertiary alicyclic amines) is 1. The number of rotatable bonds is 5.